The number of aromatic nitrogens is 1. The molecule has 6 nitrogen and oxygen atoms in total. The van der Waals surface area contributed by atoms with Crippen LogP contribution in [0.5, 0.6) is 0 Å². The minimum absolute atomic E-state index is 0.216. The van der Waals surface area contributed by atoms with E-state index in [9.17, 15) is 9.59 Å². The summed E-state index contributed by atoms with van der Waals surface area (Å²) in [4.78, 5) is 30.7. The lowest BCUT2D eigenvalue weighted by atomic mass is 10.2. The zero-order valence-electron chi connectivity index (χ0n) is 13.6. The number of anilines is 2. The number of nitrogens with one attached hydrogen (secondary N) is 2. The molecular formula is C16H20N4O2S. The van der Waals surface area contributed by atoms with E-state index in [0.717, 1.165) is 17.1 Å². The van der Waals surface area contributed by atoms with Crippen LogP contribution in [0.1, 0.15) is 27.3 Å². The number of hydrogen-bond acceptors (Lipinski definition) is 4. The minimum atomic E-state index is -0.256. The fourth-order valence-electron chi connectivity index (χ4n) is 1.92. The van der Waals surface area contributed by atoms with Crippen molar-refractivity contribution in [3.05, 3.63) is 39.8 Å². The van der Waals surface area contributed by atoms with Crippen molar-refractivity contribution in [1.29, 1.82) is 0 Å². The second kappa shape index (κ2) is 7.23. The number of benzene rings is 1. The summed E-state index contributed by atoms with van der Waals surface area (Å²) in [5.41, 5.74) is 1.83. The molecule has 3 amide bonds. The van der Waals surface area contributed by atoms with E-state index in [2.05, 4.69) is 15.6 Å². The van der Waals surface area contributed by atoms with Gasteiger partial charge in [-0.15, -0.1) is 11.3 Å². The van der Waals surface area contributed by atoms with Crippen molar-refractivity contribution >= 4 is 34.6 Å². The highest BCUT2D eigenvalue weighted by atomic mass is 32.1. The summed E-state index contributed by atoms with van der Waals surface area (Å²) in [5, 5.41) is 6.54. The third-order valence-corrected chi connectivity index (χ3v) is 4.47. The molecule has 0 fully saturated rings. The summed E-state index contributed by atoms with van der Waals surface area (Å²) in [6.07, 6.45) is 0.800. The number of nitrogens with zero attached hydrogens (tertiary/aromatic N) is 2. The first-order valence-electron chi connectivity index (χ1n) is 7.27. The van der Waals surface area contributed by atoms with Crippen LogP contribution in [-0.4, -0.2) is 35.9 Å². The predicted molar refractivity (Wildman–Crippen MR) is 93.3 cm³/mol. The number of thiazole rings is 1. The van der Waals surface area contributed by atoms with Crippen LogP contribution in [-0.2, 0) is 6.42 Å². The Kier molecular flexibility index (Phi) is 5.33. The van der Waals surface area contributed by atoms with Crippen LogP contribution in [0, 0.1) is 6.92 Å². The highest BCUT2D eigenvalue weighted by Gasteiger charge is 2.16. The molecule has 0 bridgehead atoms. The third kappa shape index (κ3) is 4.07. The van der Waals surface area contributed by atoms with Gasteiger partial charge < -0.3 is 15.5 Å². The molecule has 0 aliphatic carbocycles. The van der Waals surface area contributed by atoms with E-state index in [1.54, 1.807) is 38.4 Å². The minimum Gasteiger partial charge on any atom is -0.331 e. The second-order valence-electron chi connectivity index (χ2n) is 5.20. The van der Waals surface area contributed by atoms with E-state index in [1.807, 2.05) is 13.8 Å². The highest BCUT2D eigenvalue weighted by molar-refractivity contribution is 7.13. The van der Waals surface area contributed by atoms with Crippen molar-refractivity contribution in [3.8, 4) is 0 Å². The van der Waals surface area contributed by atoms with E-state index in [1.165, 1.54) is 16.2 Å². The standard InChI is InChI=1S/C16H20N4O2S/c1-5-13-17-10(2)14(23-13)15(21)18-11-8-6-7-9-12(11)19-16(22)20(3)4/h6-9H,5H2,1-4H3,(H,18,21)(H,19,22). The molecule has 0 radical (unpaired) electrons. The predicted octanol–water partition coefficient (Wildman–Crippen LogP) is 3.36. The van der Waals surface area contributed by atoms with Gasteiger partial charge in [-0.05, 0) is 25.5 Å². The topological polar surface area (TPSA) is 74.3 Å². The van der Waals surface area contributed by atoms with Crippen LogP contribution in [0.25, 0.3) is 0 Å². The molecule has 0 aliphatic heterocycles. The Labute approximate surface area is 139 Å². The monoisotopic (exact) mass is 332 g/mol. The Hall–Kier alpha value is -2.41. The van der Waals surface area contributed by atoms with Gasteiger partial charge in [0.2, 0.25) is 0 Å². The fraction of sp³-hybridized carbons (Fsp3) is 0.312. The van der Waals surface area contributed by atoms with E-state index in [-0.39, 0.29) is 11.9 Å². The number of carbonyl (C=O) groups excluding carboxylic acids is 2. The van der Waals surface area contributed by atoms with Crippen molar-refractivity contribution in [1.82, 2.24) is 9.88 Å². The molecule has 0 unspecified atom stereocenters. The maximum absolute atomic E-state index is 12.5. The smallest absolute Gasteiger partial charge is 0.321 e. The van der Waals surface area contributed by atoms with Crippen LogP contribution < -0.4 is 10.6 Å². The number of aryl methyl sites for hydroxylation is 2. The lowest BCUT2D eigenvalue weighted by Crippen LogP contribution is -2.28. The summed E-state index contributed by atoms with van der Waals surface area (Å²) < 4.78 is 0. The molecule has 2 N–H and O–H groups in total. The maximum Gasteiger partial charge on any atom is 0.321 e. The molecule has 1 aromatic heterocycles. The Bertz CT molecular complexity index is 725. The number of amides is 3. The molecule has 7 heteroatoms. The number of para-hydroxylation sites is 2. The van der Waals surface area contributed by atoms with Gasteiger partial charge in [0.05, 0.1) is 22.1 Å². The third-order valence-electron chi connectivity index (χ3n) is 3.17. The molecule has 0 saturated carbocycles. The summed E-state index contributed by atoms with van der Waals surface area (Å²) >= 11 is 1.39. The Morgan fingerprint density at radius 2 is 1.78 bits per heavy atom. The van der Waals surface area contributed by atoms with Crippen LogP contribution in [0.2, 0.25) is 0 Å². The molecule has 2 aromatic rings. The van der Waals surface area contributed by atoms with Crippen molar-refractivity contribution in [3.63, 3.8) is 0 Å². The van der Waals surface area contributed by atoms with Gasteiger partial charge in [0, 0.05) is 14.1 Å². The van der Waals surface area contributed by atoms with Crippen LogP contribution in [0.4, 0.5) is 16.2 Å². The number of carbonyl (C=O) groups is 2. The largest absolute Gasteiger partial charge is 0.331 e. The zero-order valence-corrected chi connectivity index (χ0v) is 14.5. The first-order valence-corrected chi connectivity index (χ1v) is 8.09. The van der Waals surface area contributed by atoms with Gasteiger partial charge in [0.1, 0.15) is 4.88 Å². The molecule has 1 aromatic carbocycles. The average molecular weight is 332 g/mol. The number of urea groups is 1. The van der Waals surface area contributed by atoms with Gasteiger partial charge in [-0.2, -0.15) is 0 Å². The molecule has 0 spiro atoms. The van der Waals surface area contributed by atoms with E-state index < -0.39 is 0 Å². The van der Waals surface area contributed by atoms with E-state index in [4.69, 9.17) is 0 Å². The quantitative estimate of drug-likeness (QED) is 0.901. The summed E-state index contributed by atoms with van der Waals surface area (Å²) in [6, 6.07) is 6.84. The average Bonchev–Trinajstić information content (AvgIpc) is 2.90. The molecule has 1 heterocycles. The molecule has 0 saturated heterocycles. The first-order chi connectivity index (χ1) is 10.9. The van der Waals surface area contributed by atoms with Gasteiger partial charge in [-0.25, -0.2) is 9.78 Å². The van der Waals surface area contributed by atoms with Gasteiger partial charge in [0.15, 0.2) is 0 Å². The molecule has 0 aliphatic rings. The first kappa shape index (κ1) is 17.0. The number of rotatable bonds is 4. The van der Waals surface area contributed by atoms with Gasteiger partial charge in [0.25, 0.3) is 5.91 Å². The van der Waals surface area contributed by atoms with Crippen LogP contribution in [0.3, 0.4) is 0 Å². The maximum atomic E-state index is 12.5. The SMILES string of the molecule is CCc1nc(C)c(C(=O)Nc2ccccc2NC(=O)N(C)C)s1. The molecular weight excluding hydrogens is 312 g/mol. The Morgan fingerprint density at radius 1 is 1.17 bits per heavy atom. The van der Waals surface area contributed by atoms with E-state index >= 15 is 0 Å². The van der Waals surface area contributed by atoms with Crippen LogP contribution in [0.15, 0.2) is 24.3 Å². The molecule has 2 rings (SSSR count). The van der Waals surface area contributed by atoms with Gasteiger partial charge in [-0.1, -0.05) is 19.1 Å². The lowest BCUT2D eigenvalue weighted by molar-refractivity contribution is 0.103. The van der Waals surface area contributed by atoms with Crippen molar-refractivity contribution in [2.45, 2.75) is 20.3 Å². The molecule has 0 atom stereocenters. The summed E-state index contributed by atoms with van der Waals surface area (Å²) in [7, 11) is 3.31. The fourth-order valence-corrected chi connectivity index (χ4v) is 2.82. The summed E-state index contributed by atoms with van der Waals surface area (Å²) in [5.74, 6) is -0.216. The highest BCUT2D eigenvalue weighted by Crippen LogP contribution is 2.24. The summed E-state index contributed by atoms with van der Waals surface area (Å²) in [6.45, 7) is 3.83. The van der Waals surface area contributed by atoms with Crippen molar-refractivity contribution in [2.75, 3.05) is 24.7 Å². The van der Waals surface area contributed by atoms with Crippen molar-refractivity contribution in [2.24, 2.45) is 0 Å². The lowest BCUT2D eigenvalue weighted by Gasteiger charge is -2.15. The van der Waals surface area contributed by atoms with E-state index in [0.29, 0.717) is 16.3 Å². The van der Waals surface area contributed by atoms with Crippen molar-refractivity contribution < 1.29 is 9.59 Å². The van der Waals surface area contributed by atoms with Crippen LogP contribution >= 0.6 is 11.3 Å². The number of hydrogen-bond donors (Lipinski definition) is 2. The Balaban J connectivity index is 2.21. The zero-order chi connectivity index (χ0) is 17.0. The van der Waals surface area contributed by atoms with Gasteiger partial charge >= 0.3 is 6.03 Å². The van der Waals surface area contributed by atoms with Gasteiger partial charge in [-0.3, -0.25) is 4.79 Å². The Morgan fingerprint density at radius 3 is 2.30 bits per heavy atom. The normalized spacial score (nSPS) is 10.3. The second-order valence-corrected chi connectivity index (χ2v) is 6.28. The molecule has 23 heavy (non-hydrogen) atoms. The molecule has 122 valence electrons.